The molecule has 0 saturated carbocycles. The first kappa shape index (κ1) is 18.4. The van der Waals surface area contributed by atoms with Gasteiger partial charge in [-0.2, -0.15) is 0 Å². The molecule has 0 spiro atoms. The molecule has 1 atom stereocenters. The highest BCUT2D eigenvalue weighted by Crippen LogP contribution is 2.21. The van der Waals surface area contributed by atoms with Crippen molar-refractivity contribution in [2.75, 3.05) is 12.4 Å². The van der Waals surface area contributed by atoms with E-state index >= 15 is 0 Å². The second-order valence-corrected chi connectivity index (χ2v) is 5.41. The van der Waals surface area contributed by atoms with E-state index in [-0.39, 0.29) is 18.0 Å². The van der Waals surface area contributed by atoms with Crippen molar-refractivity contribution in [3.05, 3.63) is 59.7 Å². The van der Waals surface area contributed by atoms with Crippen LogP contribution in [0.3, 0.4) is 0 Å². The van der Waals surface area contributed by atoms with Crippen LogP contribution in [0.15, 0.2) is 42.5 Å². The van der Waals surface area contributed by atoms with Gasteiger partial charge in [0.05, 0.1) is 19.6 Å². The van der Waals surface area contributed by atoms with Gasteiger partial charge in [0.2, 0.25) is 11.8 Å². The fourth-order valence-electron chi connectivity index (χ4n) is 2.31. The Morgan fingerprint density at radius 3 is 2.32 bits per heavy atom. The molecule has 0 saturated heterocycles. The summed E-state index contributed by atoms with van der Waals surface area (Å²) in [6.45, 7) is 1.35. The second-order valence-electron chi connectivity index (χ2n) is 5.41. The first-order chi connectivity index (χ1) is 11.9. The number of amides is 2. The van der Waals surface area contributed by atoms with Crippen LogP contribution in [-0.4, -0.2) is 18.9 Å². The molecule has 25 heavy (non-hydrogen) atoms. The minimum Gasteiger partial charge on any atom is -0.497 e. The molecule has 2 rings (SSSR count). The minimum atomic E-state index is -1.05. The van der Waals surface area contributed by atoms with Crippen molar-refractivity contribution in [1.82, 2.24) is 5.32 Å². The van der Waals surface area contributed by atoms with E-state index in [9.17, 15) is 18.4 Å². The third kappa shape index (κ3) is 5.27. The maximum absolute atomic E-state index is 13.2. The number of benzene rings is 2. The van der Waals surface area contributed by atoms with Crippen LogP contribution in [0, 0.1) is 11.6 Å². The van der Waals surface area contributed by atoms with Gasteiger partial charge >= 0.3 is 0 Å². The number of halogens is 2. The first-order valence-corrected chi connectivity index (χ1v) is 7.55. The summed E-state index contributed by atoms with van der Waals surface area (Å²) in [5.41, 5.74) is 0.858. The van der Waals surface area contributed by atoms with Crippen molar-refractivity contribution in [3.63, 3.8) is 0 Å². The molecule has 5 nitrogen and oxygen atoms in total. The Labute approximate surface area is 144 Å². The monoisotopic (exact) mass is 348 g/mol. The molecule has 2 aromatic rings. The SMILES string of the molecule is COc1ccc(C(CC(=O)Nc2ccc(F)c(F)c2)NC(C)=O)cc1. The summed E-state index contributed by atoms with van der Waals surface area (Å²) >= 11 is 0. The summed E-state index contributed by atoms with van der Waals surface area (Å²) in [7, 11) is 1.54. The Hall–Kier alpha value is -2.96. The minimum absolute atomic E-state index is 0.0646. The quantitative estimate of drug-likeness (QED) is 0.843. The molecule has 1 unspecified atom stereocenters. The fraction of sp³-hybridized carbons (Fsp3) is 0.222. The molecule has 0 radical (unpaired) electrons. The van der Waals surface area contributed by atoms with E-state index in [1.165, 1.54) is 20.1 Å². The van der Waals surface area contributed by atoms with Crippen molar-refractivity contribution in [3.8, 4) is 5.75 Å². The maximum atomic E-state index is 13.2. The van der Waals surface area contributed by atoms with E-state index in [4.69, 9.17) is 4.74 Å². The predicted octanol–water partition coefficient (Wildman–Crippen LogP) is 3.18. The number of carbonyl (C=O) groups excluding carboxylic acids is 2. The van der Waals surface area contributed by atoms with Crippen LogP contribution < -0.4 is 15.4 Å². The first-order valence-electron chi connectivity index (χ1n) is 7.55. The summed E-state index contributed by atoms with van der Waals surface area (Å²) in [6.07, 6.45) is -0.0646. The van der Waals surface area contributed by atoms with Gasteiger partial charge in [-0.3, -0.25) is 9.59 Å². The van der Waals surface area contributed by atoms with E-state index in [1.807, 2.05) is 0 Å². The molecule has 7 heteroatoms. The number of methoxy groups -OCH3 is 1. The smallest absolute Gasteiger partial charge is 0.226 e. The predicted molar refractivity (Wildman–Crippen MR) is 89.2 cm³/mol. The number of hydrogen-bond donors (Lipinski definition) is 2. The van der Waals surface area contributed by atoms with E-state index in [2.05, 4.69) is 10.6 Å². The Balaban J connectivity index is 2.10. The molecule has 0 fully saturated rings. The zero-order valence-electron chi connectivity index (χ0n) is 13.8. The Morgan fingerprint density at radius 2 is 1.76 bits per heavy atom. The third-order valence-corrected chi connectivity index (χ3v) is 3.49. The van der Waals surface area contributed by atoms with Gasteiger partial charge in [-0.1, -0.05) is 12.1 Å². The fourth-order valence-corrected chi connectivity index (χ4v) is 2.31. The number of rotatable bonds is 6. The number of nitrogens with one attached hydrogen (secondary N) is 2. The van der Waals surface area contributed by atoms with Gasteiger partial charge in [0.1, 0.15) is 5.75 Å². The van der Waals surface area contributed by atoms with Crippen LogP contribution in [0.2, 0.25) is 0 Å². The van der Waals surface area contributed by atoms with Crippen LogP contribution in [0.5, 0.6) is 5.75 Å². The molecule has 2 N–H and O–H groups in total. The van der Waals surface area contributed by atoms with Crippen molar-refractivity contribution in [2.24, 2.45) is 0 Å². The molecule has 0 bridgehead atoms. The standard InChI is InChI=1S/C18H18F2N2O3/c1-11(23)21-17(12-3-6-14(25-2)7-4-12)10-18(24)22-13-5-8-15(19)16(20)9-13/h3-9,17H,10H2,1-2H3,(H,21,23)(H,22,24). The van der Waals surface area contributed by atoms with Gasteiger partial charge in [0, 0.05) is 18.7 Å². The largest absolute Gasteiger partial charge is 0.497 e. The van der Waals surface area contributed by atoms with Crippen LogP contribution in [0.1, 0.15) is 24.9 Å². The number of ether oxygens (including phenoxy) is 1. The van der Waals surface area contributed by atoms with Crippen LogP contribution >= 0.6 is 0 Å². The van der Waals surface area contributed by atoms with E-state index in [1.54, 1.807) is 24.3 Å². The summed E-state index contributed by atoms with van der Waals surface area (Å²) in [6, 6.07) is 9.45. The molecule has 2 amide bonds. The van der Waals surface area contributed by atoms with Gasteiger partial charge in [0.15, 0.2) is 11.6 Å². The normalized spacial score (nSPS) is 11.5. The molecule has 132 valence electrons. The lowest BCUT2D eigenvalue weighted by Crippen LogP contribution is -2.29. The third-order valence-electron chi connectivity index (χ3n) is 3.49. The lowest BCUT2D eigenvalue weighted by molar-refractivity contribution is -0.120. The summed E-state index contributed by atoms with van der Waals surface area (Å²) in [4.78, 5) is 23.6. The molecule has 2 aromatic carbocycles. The maximum Gasteiger partial charge on any atom is 0.226 e. The van der Waals surface area contributed by atoms with E-state index in [0.29, 0.717) is 5.75 Å². The topological polar surface area (TPSA) is 67.4 Å². The molecular formula is C18H18F2N2O3. The van der Waals surface area contributed by atoms with E-state index < -0.39 is 23.6 Å². The number of carbonyl (C=O) groups is 2. The molecule has 0 aliphatic rings. The van der Waals surface area contributed by atoms with Crippen molar-refractivity contribution in [2.45, 2.75) is 19.4 Å². The van der Waals surface area contributed by atoms with E-state index in [0.717, 1.165) is 17.7 Å². The highest BCUT2D eigenvalue weighted by molar-refractivity contribution is 5.91. The molecular weight excluding hydrogens is 330 g/mol. The zero-order chi connectivity index (χ0) is 18.4. The Kier molecular flexibility index (Phi) is 6.05. The Bertz CT molecular complexity index is 763. The van der Waals surface area contributed by atoms with Gasteiger partial charge in [-0.05, 0) is 29.8 Å². The highest BCUT2D eigenvalue weighted by atomic mass is 19.2. The summed E-state index contributed by atoms with van der Waals surface area (Å²) in [5, 5.41) is 5.18. The average molecular weight is 348 g/mol. The lowest BCUT2D eigenvalue weighted by atomic mass is 10.0. The van der Waals surface area contributed by atoms with Gasteiger partial charge in [0.25, 0.3) is 0 Å². The highest BCUT2D eigenvalue weighted by Gasteiger charge is 2.18. The summed E-state index contributed by atoms with van der Waals surface area (Å²) < 4.78 is 31.2. The van der Waals surface area contributed by atoms with Gasteiger partial charge < -0.3 is 15.4 Å². The van der Waals surface area contributed by atoms with Crippen molar-refractivity contribution >= 4 is 17.5 Å². The van der Waals surface area contributed by atoms with Crippen molar-refractivity contribution < 1.29 is 23.1 Å². The molecule has 0 aliphatic heterocycles. The van der Waals surface area contributed by atoms with Crippen LogP contribution in [0.4, 0.5) is 14.5 Å². The van der Waals surface area contributed by atoms with Crippen LogP contribution in [-0.2, 0) is 9.59 Å². The molecule has 0 heterocycles. The Morgan fingerprint density at radius 1 is 1.08 bits per heavy atom. The zero-order valence-corrected chi connectivity index (χ0v) is 13.8. The van der Waals surface area contributed by atoms with Gasteiger partial charge in [-0.15, -0.1) is 0 Å². The molecule has 0 aliphatic carbocycles. The lowest BCUT2D eigenvalue weighted by Gasteiger charge is -2.18. The molecule has 0 aromatic heterocycles. The van der Waals surface area contributed by atoms with Gasteiger partial charge in [-0.25, -0.2) is 8.78 Å². The number of anilines is 1. The second kappa shape index (κ2) is 8.23. The number of hydrogen-bond acceptors (Lipinski definition) is 3. The average Bonchev–Trinajstić information content (AvgIpc) is 2.57. The summed E-state index contributed by atoms with van der Waals surface area (Å²) in [5.74, 6) is -2.13. The van der Waals surface area contributed by atoms with Crippen molar-refractivity contribution in [1.29, 1.82) is 0 Å². The van der Waals surface area contributed by atoms with Crippen LogP contribution in [0.25, 0.3) is 0 Å².